The number of benzene rings is 1. The van der Waals surface area contributed by atoms with E-state index in [2.05, 4.69) is 48.6 Å². The summed E-state index contributed by atoms with van der Waals surface area (Å²) < 4.78 is 10.9. The maximum Gasteiger partial charge on any atom is 0.246 e. The first-order valence-corrected chi connectivity index (χ1v) is 9.14. The Kier molecular flexibility index (Phi) is 6.01. The number of amides is 1. The van der Waals surface area contributed by atoms with Gasteiger partial charge in [-0.15, -0.1) is 11.3 Å². The minimum absolute atomic E-state index is 0.0700. The average Bonchev–Trinajstić information content (AvgIpc) is 3.06. The topological polar surface area (TPSA) is 47.6 Å². The van der Waals surface area contributed by atoms with Gasteiger partial charge >= 0.3 is 0 Å². The van der Waals surface area contributed by atoms with E-state index in [0.29, 0.717) is 6.54 Å². The van der Waals surface area contributed by atoms with E-state index in [1.54, 1.807) is 11.3 Å². The summed E-state index contributed by atoms with van der Waals surface area (Å²) in [6, 6.07) is 12.6. The first-order chi connectivity index (χ1) is 11.7. The maximum atomic E-state index is 11.9. The van der Waals surface area contributed by atoms with Crippen molar-refractivity contribution in [3.63, 3.8) is 0 Å². The molecule has 0 spiro atoms. The Balaban J connectivity index is 1.43. The van der Waals surface area contributed by atoms with E-state index in [4.69, 9.17) is 9.47 Å². The molecule has 4 nitrogen and oxygen atoms in total. The van der Waals surface area contributed by atoms with Crippen molar-refractivity contribution in [2.45, 2.75) is 32.4 Å². The number of hydrogen-bond donors (Lipinski definition) is 1. The van der Waals surface area contributed by atoms with Gasteiger partial charge in [-0.05, 0) is 43.0 Å². The van der Waals surface area contributed by atoms with Gasteiger partial charge in [-0.25, -0.2) is 0 Å². The molecule has 2 aromatic rings. The van der Waals surface area contributed by atoms with Crippen molar-refractivity contribution < 1.29 is 14.3 Å². The van der Waals surface area contributed by atoms with Crippen LogP contribution in [0, 0.1) is 6.92 Å². The van der Waals surface area contributed by atoms with Crippen LogP contribution in [0.3, 0.4) is 0 Å². The van der Waals surface area contributed by atoms with Crippen LogP contribution in [0.2, 0.25) is 0 Å². The first-order valence-electron chi connectivity index (χ1n) is 8.32. The second-order valence-corrected chi connectivity index (χ2v) is 7.29. The Morgan fingerprint density at radius 2 is 1.96 bits per heavy atom. The Bertz CT molecular complexity index is 660. The summed E-state index contributed by atoms with van der Waals surface area (Å²) >= 11 is 1.79. The molecule has 0 radical (unpaired) electrons. The highest BCUT2D eigenvalue weighted by Gasteiger charge is 2.15. The predicted molar refractivity (Wildman–Crippen MR) is 96.1 cm³/mol. The largest absolute Gasteiger partial charge is 0.381 e. The second kappa shape index (κ2) is 8.42. The zero-order chi connectivity index (χ0) is 16.8. The molecule has 0 unspecified atom stereocenters. The van der Waals surface area contributed by atoms with Crippen LogP contribution in [0.5, 0.6) is 0 Å². The Hall–Kier alpha value is -1.69. The number of carbonyl (C=O) groups excluding carboxylic acids is 1. The lowest BCUT2D eigenvalue weighted by molar-refractivity contribution is -0.130. The molecule has 3 rings (SSSR count). The summed E-state index contributed by atoms with van der Waals surface area (Å²) in [7, 11) is 0. The zero-order valence-electron chi connectivity index (χ0n) is 13.9. The molecule has 1 aliphatic rings. The summed E-state index contributed by atoms with van der Waals surface area (Å²) in [5.41, 5.74) is 2.30. The van der Waals surface area contributed by atoms with Crippen molar-refractivity contribution >= 4 is 17.2 Å². The maximum absolute atomic E-state index is 11.9. The fraction of sp³-hybridized carbons (Fsp3) is 0.421. The van der Waals surface area contributed by atoms with E-state index in [0.717, 1.165) is 31.6 Å². The van der Waals surface area contributed by atoms with Gasteiger partial charge in [0.25, 0.3) is 0 Å². The fourth-order valence-electron chi connectivity index (χ4n) is 2.66. The summed E-state index contributed by atoms with van der Waals surface area (Å²) in [4.78, 5) is 14.5. The summed E-state index contributed by atoms with van der Waals surface area (Å²) in [5, 5.41) is 2.91. The Morgan fingerprint density at radius 1 is 1.21 bits per heavy atom. The molecule has 2 heterocycles. The van der Waals surface area contributed by atoms with Crippen molar-refractivity contribution in [2.24, 2.45) is 0 Å². The molecule has 128 valence electrons. The van der Waals surface area contributed by atoms with Gasteiger partial charge in [0.1, 0.15) is 6.61 Å². The number of aryl methyl sites for hydroxylation is 1. The van der Waals surface area contributed by atoms with Gasteiger partial charge in [0.15, 0.2) is 0 Å². The van der Waals surface area contributed by atoms with Crippen molar-refractivity contribution in [1.29, 1.82) is 0 Å². The quantitative estimate of drug-likeness (QED) is 0.871. The van der Waals surface area contributed by atoms with Crippen molar-refractivity contribution in [3.8, 4) is 10.4 Å². The molecule has 1 aromatic carbocycles. The van der Waals surface area contributed by atoms with Gasteiger partial charge in [-0.1, -0.05) is 24.3 Å². The summed E-state index contributed by atoms with van der Waals surface area (Å²) in [5.74, 6) is -0.0700. The molecule has 1 N–H and O–H groups in total. The van der Waals surface area contributed by atoms with E-state index >= 15 is 0 Å². The van der Waals surface area contributed by atoms with Crippen LogP contribution in [0.25, 0.3) is 10.4 Å². The fourth-order valence-corrected chi connectivity index (χ4v) is 3.54. The third-order valence-electron chi connectivity index (χ3n) is 4.09. The monoisotopic (exact) mass is 345 g/mol. The molecule has 1 aromatic heterocycles. The molecule has 1 amide bonds. The highest BCUT2D eigenvalue weighted by molar-refractivity contribution is 7.15. The lowest BCUT2D eigenvalue weighted by Crippen LogP contribution is -2.31. The molecule has 1 fully saturated rings. The van der Waals surface area contributed by atoms with E-state index in [1.807, 2.05) is 0 Å². The van der Waals surface area contributed by atoms with Gasteiger partial charge < -0.3 is 14.8 Å². The summed E-state index contributed by atoms with van der Waals surface area (Å²) in [6.07, 6.45) is 1.89. The number of carbonyl (C=O) groups is 1. The number of nitrogens with one attached hydrogen (secondary N) is 1. The van der Waals surface area contributed by atoms with Crippen LogP contribution in [0.1, 0.15) is 23.3 Å². The third kappa shape index (κ3) is 4.90. The van der Waals surface area contributed by atoms with E-state index in [1.165, 1.54) is 15.3 Å². The molecule has 1 aliphatic heterocycles. The van der Waals surface area contributed by atoms with Crippen molar-refractivity contribution in [3.05, 3.63) is 46.8 Å². The van der Waals surface area contributed by atoms with Crippen LogP contribution in [0.15, 0.2) is 36.4 Å². The van der Waals surface area contributed by atoms with Crippen LogP contribution in [-0.2, 0) is 20.8 Å². The molecule has 1 saturated heterocycles. The van der Waals surface area contributed by atoms with Crippen molar-refractivity contribution in [1.82, 2.24) is 5.32 Å². The van der Waals surface area contributed by atoms with Gasteiger partial charge in [-0.3, -0.25) is 4.79 Å². The normalized spacial score (nSPS) is 15.4. The molecular formula is C19H23NO3S. The number of hydrogen-bond acceptors (Lipinski definition) is 4. The lowest BCUT2D eigenvalue weighted by atomic mass is 10.1. The predicted octanol–water partition coefficient (Wildman–Crippen LogP) is 3.54. The van der Waals surface area contributed by atoms with E-state index < -0.39 is 0 Å². The molecule has 24 heavy (non-hydrogen) atoms. The number of thiophene rings is 1. The van der Waals surface area contributed by atoms with Crippen LogP contribution < -0.4 is 5.32 Å². The Morgan fingerprint density at radius 3 is 2.62 bits per heavy atom. The first kappa shape index (κ1) is 17.1. The van der Waals surface area contributed by atoms with E-state index in [9.17, 15) is 4.79 Å². The number of ether oxygens (including phenoxy) is 2. The van der Waals surface area contributed by atoms with Crippen molar-refractivity contribution in [2.75, 3.05) is 19.8 Å². The third-order valence-corrected chi connectivity index (χ3v) is 5.14. The Labute approximate surface area is 146 Å². The van der Waals surface area contributed by atoms with E-state index in [-0.39, 0.29) is 18.6 Å². The molecule has 5 heteroatoms. The average molecular weight is 345 g/mol. The zero-order valence-corrected chi connectivity index (χ0v) is 14.7. The van der Waals surface area contributed by atoms with Gasteiger partial charge in [0.05, 0.1) is 6.10 Å². The van der Waals surface area contributed by atoms with Crippen LogP contribution >= 0.6 is 11.3 Å². The number of rotatable bonds is 6. The highest BCUT2D eigenvalue weighted by atomic mass is 32.1. The standard InChI is InChI=1S/C19H23NO3S/c1-14-2-7-18(24-14)16-5-3-15(4-6-16)12-20-19(21)13-23-17-8-10-22-11-9-17/h2-7,17H,8-13H2,1H3,(H,20,21). The molecule has 0 bridgehead atoms. The smallest absolute Gasteiger partial charge is 0.246 e. The minimum Gasteiger partial charge on any atom is -0.381 e. The van der Waals surface area contributed by atoms with Gasteiger partial charge in [0, 0.05) is 29.5 Å². The lowest BCUT2D eigenvalue weighted by Gasteiger charge is -2.22. The highest BCUT2D eigenvalue weighted by Crippen LogP contribution is 2.27. The minimum atomic E-state index is -0.0700. The molecule has 0 atom stereocenters. The molecule has 0 saturated carbocycles. The molecule has 0 aliphatic carbocycles. The van der Waals surface area contributed by atoms with Gasteiger partial charge in [-0.2, -0.15) is 0 Å². The van der Waals surface area contributed by atoms with Crippen LogP contribution in [-0.4, -0.2) is 31.8 Å². The SMILES string of the molecule is Cc1ccc(-c2ccc(CNC(=O)COC3CCOCC3)cc2)s1. The second-order valence-electron chi connectivity index (χ2n) is 6.01. The van der Waals surface area contributed by atoms with Crippen LogP contribution in [0.4, 0.5) is 0 Å². The van der Waals surface area contributed by atoms with Gasteiger partial charge in [0.2, 0.25) is 5.91 Å². The molecular weight excluding hydrogens is 322 g/mol. The summed E-state index contributed by atoms with van der Waals surface area (Å²) in [6.45, 7) is 4.21.